The van der Waals surface area contributed by atoms with Gasteiger partial charge in [0.2, 0.25) is 17.5 Å². The molecule has 3 amide bonds. The molecule has 9 aliphatic carbocycles. The minimum absolute atomic E-state index is 0.00153. The monoisotopic (exact) mass is 1540 g/mol. The lowest BCUT2D eigenvalue weighted by Crippen LogP contribution is -2.43. The lowest BCUT2D eigenvalue weighted by molar-refractivity contribution is -0.121. The van der Waals surface area contributed by atoms with Crippen LogP contribution in [-0.4, -0.2) is 157 Å². The number of fused-ring (bicyclic) bond motifs is 12. The van der Waals surface area contributed by atoms with Crippen LogP contribution in [-0.2, 0) is 69.5 Å². The van der Waals surface area contributed by atoms with Crippen LogP contribution in [0.15, 0.2) is 195 Å². The van der Waals surface area contributed by atoms with Crippen molar-refractivity contribution in [1.29, 1.82) is 0 Å². The third-order valence-corrected chi connectivity index (χ3v) is 23.1. The average Bonchev–Trinajstić information content (AvgIpc) is 1.62. The Balaban J connectivity index is 0.000000106. The normalized spacial score (nSPS) is 23.2. The number of pyridine rings is 4. The summed E-state index contributed by atoms with van der Waals surface area (Å²) in [6.07, 6.45) is 15.4. The van der Waals surface area contributed by atoms with Gasteiger partial charge in [0.25, 0.3) is 23.5 Å². The van der Waals surface area contributed by atoms with Crippen LogP contribution in [0, 0.1) is 23.7 Å². The molecule has 10 N–H and O–H groups in total. The number of nitrogens with zero attached hydrogens (tertiary/aromatic N) is 12. The first-order chi connectivity index (χ1) is 56.1. The van der Waals surface area contributed by atoms with E-state index in [2.05, 4.69) is 103 Å². The largest absolute Gasteiger partial charge is 0.475 e. The number of aromatic amines is 4. The highest BCUT2D eigenvalue weighted by atomic mass is 16.4. The van der Waals surface area contributed by atoms with Crippen LogP contribution in [0.5, 0.6) is 0 Å². The van der Waals surface area contributed by atoms with Gasteiger partial charge in [-0.3, -0.25) is 73.9 Å². The number of ketones is 4. The van der Waals surface area contributed by atoms with E-state index >= 15 is 0 Å². The second-order valence-corrected chi connectivity index (χ2v) is 30.7. The summed E-state index contributed by atoms with van der Waals surface area (Å²) in [5.41, 5.74) is 18.2. The number of H-pyrrole nitrogens is 4. The van der Waals surface area contributed by atoms with Crippen molar-refractivity contribution >= 4 is 46.8 Å². The molecule has 0 aliphatic heterocycles. The van der Waals surface area contributed by atoms with Gasteiger partial charge in [-0.15, -0.1) is 20.4 Å². The standard InChI is InChI=1S/3C21H19N5O2.C12H11N3O2.C11H12N2O/c3*27-17-11-16-13(7-4-8-22-16)14-10-15(14)19(17)24-21(28)20-23-18(25-26-20)9-12-5-2-1-3-6-12;16-10(17)9-13-11(15-14-9)12(6-7-12)8-4-2-1-3-5-8;12-11-8-4-7(8)6-2-1-3-13-9(6)5-10(11)14/h3*1-8,14-15,19H,9-11H2,(H,24,28)(H,23,25,26);1-5H,6-7H2,(H,16,17)(H,13,14,15);1-3,7-8,11H,4-5,12H2/t14-,15?,19-;2*14-,15-,19-;;7-,8?,11-/m010.0/s1. The Morgan fingerprint density at radius 3 is 1.03 bits per heavy atom. The van der Waals surface area contributed by atoms with E-state index in [1.54, 1.807) is 24.8 Å². The number of nitrogens with one attached hydrogen (secondary N) is 7. The molecule has 29 nitrogen and oxygen atoms in total. The molecule has 8 aromatic heterocycles. The van der Waals surface area contributed by atoms with E-state index in [0.29, 0.717) is 78.6 Å². The highest BCUT2D eigenvalue weighted by Gasteiger charge is 2.54. The smallest absolute Gasteiger partial charge is 0.375 e. The van der Waals surface area contributed by atoms with Crippen molar-refractivity contribution in [2.75, 3.05) is 0 Å². The third-order valence-electron chi connectivity index (χ3n) is 23.1. The van der Waals surface area contributed by atoms with Crippen LogP contribution >= 0.6 is 0 Å². The molecular formula is C86H80N20O9. The number of hydrogen-bond donors (Lipinski definition) is 9. The van der Waals surface area contributed by atoms with Gasteiger partial charge in [0.1, 0.15) is 23.3 Å². The number of carbonyl (C=O) groups excluding carboxylic acids is 7. The summed E-state index contributed by atoms with van der Waals surface area (Å²) >= 11 is 0. The molecule has 115 heavy (non-hydrogen) atoms. The van der Waals surface area contributed by atoms with Crippen LogP contribution in [0.4, 0.5) is 0 Å². The number of benzene rings is 4. The Hall–Kier alpha value is -13.4. The van der Waals surface area contributed by atoms with Gasteiger partial charge in [-0.1, -0.05) is 146 Å². The molecule has 9 aliphatic rings. The molecule has 0 saturated heterocycles. The van der Waals surface area contributed by atoms with Crippen LogP contribution in [0.2, 0.25) is 0 Å². The first kappa shape index (κ1) is 74.3. The zero-order valence-corrected chi connectivity index (χ0v) is 62.3. The number of Topliss-reactive ketones (excluding diaryl/α,β-unsaturated/α-hetero) is 4. The third kappa shape index (κ3) is 16.5. The van der Waals surface area contributed by atoms with Gasteiger partial charge in [0.15, 0.2) is 23.1 Å². The zero-order chi connectivity index (χ0) is 78.8. The number of rotatable bonds is 15. The summed E-state index contributed by atoms with van der Waals surface area (Å²) in [4.78, 5) is 133. The molecule has 12 atom stereocenters. The van der Waals surface area contributed by atoms with Gasteiger partial charge in [-0.05, 0) is 155 Å². The van der Waals surface area contributed by atoms with Gasteiger partial charge < -0.3 is 26.8 Å². The minimum atomic E-state index is -1.10. The van der Waals surface area contributed by atoms with Gasteiger partial charge >= 0.3 is 5.97 Å². The summed E-state index contributed by atoms with van der Waals surface area (Å²) in [6.45, 7) is 0. The van der Waals surface area contributed by atoms with Crippen LogP contribution in [0.1, 0.15) is 195 Å². The van der Waals surface area contributed by atoms with E-state index < -0.39 is 41.8 Å². The molecule has 8 heterocycles. The number of aromatic carboxylic acids is 1. The minimum Gasteiger partial charge on any atom is -0.475 e. The van der Waals surface area contributed by atoms with E-state index in [1.807, 2.05) is 164 Å². The molecule has 4 aromatic carbocycles. The summed E-state index contributed by atoms with van der Waals surface area (Å²) in [5.74, 6) is 2.47. The maximum atomic E-state index is 12.7. The Labute approximate surface area is 658 Å². The van der Waals surface area contributed by atoms with Crippen molar-refractivity contribution in [2.24, 2.45) is 29.4 Å². The van der Waals surface area contributed by atoms with Crippen molar-refractivity contribution in [3.05, 3.63) is 309 Å². The van der Waals surface area contributed by atoms with Crippen LogP contribution in [0.3, 0.4) is 0 Å². The summed E-state index contributed by atoms with van der Waals surface area (Å²) < 4.78 is 0. The Kier molecular flexibility index (Phi) is 20.7. The fourth-order valence-electron chi connectivity index (χ4n) is 16.7. The highest BCUT2D eigenvalue weighted by molar-refractivity contribution is 5.99. The summed E-state index contributed by atoms with van der Waals surface area (Å²) in [6, 6.07) is 53.6. The number of aromatic nitrogens is 16. The van der Waals surface area contributed by atoms with Crippen molar-refractivity contribution in [3.8, 4) is 0 Å². The summed E-state index contributed by atoms with van der Waals surface area (Å²) in [7, 11) is 0. The number of carboxylic acids is 1. The molecule has 29 heteroatoms. The molecule has 578 valence electrons. The summed E-state index contributed by atoms with van der Waals surface area (Å²) in [5, 5.41) is 44.4. The molecular weight excluding hydrogens is 1460 g/mol. The molecule has 5 fully saturated rings. The first-order valence-corrected chi connectivity index (χ1v) is 38.7. The topological polar surface area (TPSA) is 437 Å². The second-order valence-electron chi connectivity index (χ2n) is 30.7. The lowest BCUT2D eigenvalue weighted by atomic mass is 9.95. The number of carbonyl (C=O) groups is 8. The highest BCUT2D eigenvalue weighted by Crippen LogP contribution is 2.56. The maximum absolute atomic E-state index is 12.7. The Morgan fingerprint density at radius 2 is 0.696 bits per heavy atom. The number of carboxylic acid groups (broad SMARTS) is 1. The fraction of sp³-hybridized carbons (Fsp3) is 0.302. The molecule has 0 radical (unpaired) electrons. The van der Waals surface area contributed by atoms with E-state index in [-0.39, 0.29) is 94.9 Å². The van der Waals surface area contributed by atoms with Crippen LogP contribution in [0.25, 0.3) is 0 Å². The maximum Gasteiger partial charge on any atom is 0.375 e. The Bertz CT molecular complexity index is 5250. The predicted molar refractivity (Wildman–Crippen MR) is 414 cm³/mol. The number of hydrogen-bond acceptors (Lipinski definition) is 21. The fourth-order valence-corrected chi connectivity index (χ4v) is 16.7. The van der Waals surface area contributed by atoms with Gasteiger partial charge in [0.05, 0.1) is 78.0 Å². The van der Waals surface area contributed by atoms with E-state index in [4.69, 9.17) is 10.8 Å². The van der Waals surface area contributed by atoms with Gasteiger partial charge in [0, 0.05) is 44.0 Å². The molecule has 21 rings (SSSR count). The number of nitrogens with two attached hydrogens (primary N) is 1. The number of amides is 3. The SMILES string of the molecule is N[C@@H]1C(=O)Cc2ncccc2[C@@H]2CC12.O=C(N[C@@H]1C(=O)Cc2ncccc2[C@@H]2CC12)c1n[nH]c(Cc2ccccc2)n1.O=C(N[C@@H]1C(=O)Cc2ncccc2[C@@H]2C[C@H]12)c1n[nH]c(Cc2ccccc2)n1.O=C(N[C@H]1C(=O)Cc2ncccc2[C@H]2C[C@H]21)c1n[nH]c(Cc2ccccc2)n1.O=C(O)c1n[nH]c(C2(c3ccccc3)CC2)n1. The Morgan fingerprint density at radius 1 is 0.383 bits per heavy atom. The lowest BCUT2D eigenvalue weighted by Gasteiger charge is -2.14. The molecule has 2 unspecified atom stereocenters. The van der Waals surface area contributed by atoms with E-state index in [1.165, 1.54) is 5.56 Å². The molecule has 0 bridgehead atoms. The average molecular weight is 1540 g/mol. The quantitative estimate of drug-likeness (QED) is 0.0475. The van der Waals surface area contributed by atoms with E-state index in [0.717, 1.165) is 100 Å². The predicted octanol–water partition coefficient (Wildman–Crippen LogP) is 7.67. The van der Waals surface area contributed by atoms with Crippen molar-refractivity contribution in [1.82, 2.24) is 96.6 Å². The van der Waals surface area contributed by atoms with Crippen molar-refractivity contribution < 1.29 is 43.5 Å². The van der Waals surface area contributed by atoms with Crippen molar-refractivity contribution in [3.63, 3.8) is 0 Å². The zero-order valence-electron chi connectivity index (χ0n) is 62.3. The molecule has 12 aromatic rings. The van der Waals surface area contributed by atoms with Gasteiger partial charge in [-0.25, -0.2) is 24.7 Å². The first-order valence-electron chi connectivity index (χ1n) is 38.7. The second kappa shape index (κ2) is 32.0. The molecule has 0 spiro atoms. The molecule has 5 saturated carbocycles. The van der Waals surface area contributed by atoms with Crippen LogP contribution < -0.4 is 21.7 Å². The van der Waals surface area contributed by atoms with E-state index in [9.17, 15) is 38.4 Å². The van der Waals surface area contributed by atoms with Gasteiger partial charge in [-0.2, -0.15) is 0 Å². The van der Waals surface area contributed by atoms with Crippen molar-refractivity contribution in [2.45, 2.75) is 137 Å².